The largest absolute Gasteiger partial charge is 0.321 e. The molecular formula is C12H11BrClNO. The van der Waals surface area contributed by atoms with E-state index in [0.29, 0.717) is 10.7 Å². The van der Waals surface area contributed by atoms with Crippen LogP contribution in [0.1, 0.15) is 6.92 Å². The number of carbonyl (C=O) groups is 1. The fraction of sp³-hybridized carbons (Fsp3) is 0.0833. The van der Waals surface area contributed by atoms with Gasteiger partial charge < -0.3 is 5.32 Å². The van der Waals surface area contributed by atoms with Crippen LogP contribution in [0.3, 0.4) is 0 Å². The molecule has 1 N–H and O–H groups in total. The molecule has 1 aromatic rings. The predicted molar refractivity (Wildman–Crippen MR) is 71.7 cm³/mol. The first-order chi connectivity index (χ1) is 7.63. The molecule has 0 saturated carbocycles. The quantitative estimate of drug-likeness (QED) is 0.658. The average molecular weight is 301 g/mol. The number of anilines is 1. The van der Waals surface area contributed by atoms with Gasteiger partial charge in [-0.2, -0.15) is 0 Å². The summed E-state index contributed by atoms with van der Waals surface area (Å²) < 4.78 is 0.875. The lowest BCUT2D eigenvalue weighted by molar-refractivity contribution is -0.111. The lowest BCUT2D eigenvalue weighted by atomic mass is 10.3. The molecule has 0 atom stereocenters. The maximum Gasteiger partial charge on any atom is 0.248 e. The van der Waals surface area contributed by atoms with Crippen molar-refractivity contribution in [1.29, 1.82) is 0 Å². The first-order valence-corrected chi connectivity index (χ1v) is 5.86. The van der Waals surface area contributed by atoms with Gasteiger partial charge >= 0.3 is 0 Å². The number of hydrogen-bond acceptors (Lipinski definition) is 1. The molecule has 0 aromatic heterocycles. The molecule has 0 aliphatic heterocycles. The summed E-state index contributed by atoms with van der Waals surface area (Å²) >= 11 is 9.25. The summed E-state index contributed by atoms with van der Waals surface area (Å²) in [6.45, 7) is 1.88. The SMILES string of the molecule is C/C=C/C=C/C(=O)Nc1ccc(Br)cc1Cl. The topological polar surface area (TPSA) is 29.1 Å². The molecule has 0 aliphatic carbocycles. The summed E-state index contributed by atoms with van der Waals surface area (Å²) in [4.78, 5) is 11.4. The van der Waals surface area contributed by atoms with Crippen LogP contribution in [0, 0.1) is 0 Å². The van der Waals surface area contributed by atoms with Crippen LogP contribution in [0.25, 0.3) is 0 Å². The van der Waals surface area contributed by atoms with E-state index in [1.807, 2.05) is 19.1 Å². The molecule has 4 heteroatoms. The Kier molecular flexibility index (Phi) is 5.29. The molecule has 0 bridgehead atoms. The second kappa shape index (κ2) is 6.51. The van der Waals surface area contributed by atoms with E-state index in [-0.39, 0.29) is 5.91 Å². The number of hydrogen-bond donors (Lipinski definition) is 1. The normalized spacial score (nSPS) is 11.2. The standard InChI is InChI=1S/C12H11BrClNO/c1-2-3-4-5-12(16)15-11-7-6-9(13)8-10(11)14/h2-8H,1H3,(H,15,16)/b3-2+,5-4+. The number of benzene rings is 1. The van der Waals surface area contributed by atoms with Gasteiger partial charge in [-0.1, -0.05) is 45.8 Å². The second-order valence-electron chi connectivity index (χ2n) is 3.00. The Hall–Kier alpha value is -1.06. The van der Waals surface area contributed by atoms with Crippen molar-refractivity contribution in [3.8, 4) is 0 Å². The number of nitrogens with one attached hydrogen (secondary N) is 1. The zero-order chi connectivity index (χ0) is 12.0. The summed E-state index contributed by atoms with van der Waals surface area (Å²) in [5.74, 6) is -0.206. The molecule has 2 nitrogen and oxygen atoms in total. The van der Waals surface area contributed by atoms with Crippen LogP contribution >= 0.6 is 27.5 Å². The Bertz CT molecular complexity index is 441. The van der Waals surface area contributed by atoms with Crippen molar-refractivity contribution in [1.82, 2.24) is 0 Å². The Morgan fingerprint density at radius 1 is 1.44 bits per heavy atom. The van der Waals surface area contributed by atoms with E-state index in [1.54, 1.807) is 24.3 Å². The summed E-state index contributed by atoms with van der Waals surface area (Å²) in [6, 6.07) is 5.29. The Morgan fingerprint density at radius 2 is 2.19 bits per heavy atom. The third-order valence-corrected chi connectivity index (χ3v) is 2.55. The molecule has 1 rings (SSSR count). The van der Waals surface area contributed by atoms with Crippen LogP contribution in [0.15, 0.2) is 47.0 Å². The van der Waals surface area contributed by atoms with Gasteiger partial charge in [0.1, 0.15) is 0 Å². The van der Waals surface area contributed by atoms with E-state index < -0.39 is 0 Å². The van der Waals surface area contributed by atoms with E-state index in [9.17, 15) is 4.79 Å². The van der Waals surface area contributed by atoms with E-state index in [1.165, 1.54) is 6.08 Å². The predicted octanol–water partition coefficient (Wildman–Crippen LogP) is 4.17. The number of amides is 1. The molecule has 1 amide bonds. The molecule has 0 spiro atoms. The minimum absolute atomic E-state index is 0.206. The highest BCUT2D eigenvalue weighted by Gasteiger charge is 2.02. The van der Waals surface area contributed by atoms with Crippen molar-refractivity contribution in [3.63, 3.8) is 0 Å². The summed E-state index contributed by atoms with van der Waals surface area (Å²) in [6.07, 6.45) is 6.74. The molecule has 84 valence electrons. The van der Waals surface area contributed by atoms with Crippen LogP contribution in [0.4, 0.5) is 5.69 Å². The van der Waals surface area contributed by atoms with Crippen molar-refractivity contribution in [3.05, 3.63) is 52.0 Å². The second-order valence-corrected chi connectivity index (χ2v) is 4.32. The van der Waals surface area contributed by atoms with Gasteiger partial charge in [-0.3, -0.25) is 4.79 Å². The van der Waals surface area contributed by atoms with E-state index in [4.69, 9.17) is 11.6 Å². The van der Waals surface area contributed by atoms with Gasteiger partial charge in [-0.25, -0.2) is 0 Å². The number of allylic oxidation sites excluding steroid dienone is 3. The zero-order valence-electron chi connectivity index (χ0n) is 8.71. The zero-order valence-corrected chi connectivity index (χ0v) is 11.0. The lowest BCUT2D eigenvalue weighted by Crippen LogP contribution is -2.07. The molecule has 0 radical (unpaired) electrons. The van der Waals surface area contributed by atoms with Crippen molar-refractivity contribution in [2.75, 3.05) is 5.32 Å². The number of rotatable bonds is 3. The molecule has 0 unspecified atom stereocenters. The summed E-state index contributed by atoms with van der Waals surface area (Å²) in [5.41, 5.74) is 0.597. The molecular weight excluding hydrogens is 289 g/mol. The number of carbonyl (C=O) groups excluding carboxylic acids is 1. The fourth-order valence-corrected chi connectivity index (χ4v) is 1.74. The highest BCUT2D eigenvalue weighted by atomic mass is 79.9. The molecule has 0 saturated heterocycles. The first-order valence-electron chi connectivity index (χ1n) is 4.69. The molecule has 0 aliphatic rings. The van der Waals surface area contributed by atoms with Crippen LogP contribution in [-0.2, 0) is 4.79 Å². The van der Waals surface area contributed by atoms with Crippen LogP contribution in [0.2, 0.25) is 5.02 Å². The number of halogens is 2. The lowest BCUT2D eigenvalue weighted by Gasteiger charge is -2.04. The molecule has 1 aromatic carbocycles. The highest BCUT2D eigenvalue weighted by molar-refractivity contribution is 9.10. The minimum atomic E-state index is -0.206. The van der Waals surface area contributed by atoms with E-state index in [2.05, 4.69) is 21.2 Å². The third-order valence-electron chi connectivity index (χ3n) is 1.74. The summed E-state index contributed by atoms with van der Waals surface area (Å²) in [5, 5.41) is 3.19. The van der Waals surface area contributed by atoms with Gasteiger partial charge in [0.25, 0.3) is 0 Å². The van der Waals surface area contributed by atoms with Crippen molar-refractivity contribution in [2.45, 2.75) is 6.92 Å². The average Bonchev–Trinajstić information content (AvgIpc) is 2.23. The van der Waals surface area contributed by atoms with Crippen LogP contribution in [-0.4, -0.2) is 5.91 Å². The van der Waals surface area contributed by atoms with Gasteiger partial charge in [0.05, 0.1) is 10.7 Å². The minimum Gasteiger partial charge on any atom is -0.321 e. The third kappa shape index (κ3) is 4.21. The van der Waals surface area contributed by atoms with Gasteiger partial charge in [-0.15, -0.1) is 0 Å². The summed E-state index contributed by atoms with van der Waals surface area (Å²) in [7, 11) is 0. The van der Waals surface area contributed by atoms with Crippen molar-refractivity contribution >= 4 is 39.1 Å². The van der Waals surface area contributed by atoms with Crippen molar-refractivity contribution < 1.29 is 4.79 Å². The van der Waals surface area contributed by atoms with Gasteiger partial charge in [0.2, 0.25) is 5.91 Å². The van der Waals surface area contributed by atoms with Gasteiger partial charge in [-0.05, 0) is 25.1 Å². The molecule has 0 heterocycles. The van der Waals surface area contributed by atoms with Gasteiger partial charge in [0, 0.05) is 10.5 Å². The van der Waals surface area contributed by atoms with Crippen LogP contribution < -0.4 is 5.32 Å². The fourth-order valence-electron chi connectivity index (χ4n) is 1.02. The van der Waals surface area contributed by atoms with E-state index >= 15 is 0 Å². The Morgan fingerprint density at radius 3 is 2.81 bits per heavy atom. The Labute approximate surface area is 108 Å². The Balaban J connectivity index is 2.70. The first kappa shape index (κ1) is 13.0. The smallest absolute Gasteiger partial charge is 0.248 e. The van der Waals surface area contributed by atoms with Gasteiger partial charge in [0.15, 0.2) is 0 Å². The highest BCUT2D eigenvalue weighted by Crippen LogP contribution is 2.25. The maximum atomic E-state index is 11.4. The molecule has 0 fully saturated rings. The van der Waals surface area contributed by atoms with Crippen LogP contribution in [0.5, 0.6) is 0 Å². The molecule has 16 heavy (non-hydrogen) atoms. The maximum absolute atomic E-state index is 11.4. The van der Waals surface area contributed by atoms with E-state index in [0.717, 1.165) is 4.47 Å². The van der Waals surface area contributed by atoms with Crippen molar-refractivity contribution in [2.24, 2.45) is 0 Å². The monoisotopic (exact) mass is 299 g/mol.